The molecular weight excluding hydrogens is 435 g/mol. The third-order valence-electron chi connectivity index (χ3n) is 3.87. The molecule has 0 saturated carbocycles. The molecule has 0 aliphatic rings. The van der Waals surface area contributed by atoms with Gasteiger partial charge in [-0.25, -0.2) is 0 Å². The van der Waals surface area contributed by atoms with Gasteiger partial charge in [-0.1, -0.05) is 23.2 Å². The topological polar surface area (TPSA) is 121 Å². The van der Waals surface area contributed by atoms with E-state index in [4.69, 9.17) is 27.6 Å². The molecule has 1 aromatic heterocycles. The van der Waals surface area contributed by atoms with Crippen LogP contribution >= 0.6 is 23.2 Å². The number of carbonyl (C=O) groups excluding carboxylic acids is 4. The van der Waals surface area contributed by atoms with Crippen molar-refractivity contribution in [3.05, 3.63) is 58.0 Å². The lowest BCUT2D eigenvalue weighted by Gasteiger charge is -2.17. The molecule has 1 heterocycles. The quantitative estimate of drug-likeness (QED) is 0.525. The zero-order valence-electron chi connectivity index (χ0n) is 16.0. The van der Waals surface area contributed by atoms with E-state index in [1.807, 2.05) is 0 Å². The molecule has 0 spiro atoms. The highest BCUT2D eigenvalue weighted by Gasteiger charge is 2.15. The third kappa shape index (κ3) is 7.41. The first-order valence-corrected chi connectivity index (χ1v) is 9.55. The van der Waals surface area contributed by atoms with Crippen LogP contribution in [-0.2, 0) is 20.9 Å². The Bertz CT molecular complexity index is 918. The Kier molecular flexibility index (Phi) is 8.70. The summed E-state index contributed by atoms with van der Waals surface area (Å²) in [6.07, 6.45) is 1.49. The summed E-state index contributed by atoms with van der Waals surface area (Å²) >= 11 is 11.7. The van der Waals surface area contributed by atoms with Gasteiger partial charge in [0.2, 0.25) is 17.7 Å². The molecule has 4 amide bonds. The lowest BCUT2D eigenvalue weighted by atomic mass is 10.2. The number of rotatable bonds is 9. The van der Waals surface area contributed by atoms with Gasteiger partial charge in [-0.2, -0.15) is 0 Å². The van der Waals surface area contributed by atoms with E-state index in [2.05, 4.69) is 16.0 Å². The Balaban J connectivity index is 1.68. The van der Waals surface area contributed by atoms with Crippen molar-refractivity contribution in [1.29, 1.82) is 0 Å². The summed E-state index contributed by atoms with van der Waals surface area (Å²) in [5.74, 6) is -1.38. The fourth-order valence-corrected chi connectivity index (χ4v) is 2.75. The molecule has 0 radical (unpaired) electrons. The molecule has 9 nitrogen and oxygen atoms in total. The van der Waals surface area contributed by atoms with Gasteiger partial charge in [0, 0.05) is 12.1 Å². The molecule has 0 fully saturated rings. The van der Waals surface area contributed by atoms with Gasteiger partial charge in [-0.3, -0.25) is 19.2 Å². The molecule has 0 atom stereocenters. The van der Waals surface area contributed by atoms with Gasteiger partial charge < -0.3 is 25.3 Å². The Morgan fingerprint density at radius 2 is 1.77 bits per heavy atom. The van der Waals surface area contributed by atoms with Crippen LogP contribution in [0.4, 0.5) is 0 Å². The molecule has 2 rings (SSSR count). The maximum absolute atomic E-state index is 12.1. The number of amides is 4. The summed E-state index contributed by atoms with van der Waals surface area (Å²) in [5, 5.41) is 7.92. The van der Waals surface area contributed by atoms with E-state index in [-0.39, 0.29) is 42.7 Å². The van der Waals surface area contributed by atoms with Crippen molar-refractivity contribution in [2.24, 2.45) is 0 Å². The van der Waals surface area contributed by atoms with E-state index in [0.29, 0.717) is 10.8 Å². The van der Waals surface area contributed by atoms with Crippen molar-refractivity contribution in [3.8, 4) is 0 Å². The van der Waals surface area contributed by atoms with Gasteiger partial charge in [0.15, 0.2) is 0 Å². The van der Waals surface area contributed by atoms with Crippen LogP contribution in [0.5, 0.6) is 0 Å². The fourth-order valence-electron chi connectivity index (χ4n) is 2.26. The molecule has 0 bridgehead atoms. The van der Waals surface area contributed by atoms with Crippen molar-refractivity contribution in [2.45, 2.75) is 6.54 Å². The van der Waals surface area contributed by atoms with Crippen LogP contribution < -0.4 is 16.0 Å². The van der Waals surface area contributed by atoms with Crippen molar-refractivity contribution in [1.82, 2.24) is 20.9 Å². The molecule has 2 aromatic rings. The second-order valence-corrected chi connectivity index (χ2v) is 7.03. The molecule has 0 aliphatic carbocycles. The largest absolute Gasteiger partial charge is 0.467 e. The maximum Gasteiger partial charge on any atom is 0.253 e. The summed E-state index contributed by atoms with van der Waals surface area (Å²) in [4.78, 5) is 49.0. The zero-order valence-corrected chi connectivity index (χ0v) is 17.5. The van der Waals surface area contributed by atoms with Gasteiger partial charge >= 0.3 is 0 Å². The Morgan fingerprint density at radius 3 is 2.43 bits per heavy atom. The number of likely N-dealkylation sites (N-methyl/N-ethyl adjacent to an activating group) is 1. The second kappa shape index (κ2) is 11.2. The summed E-state index contributed by atoms with van der Waals surface area (Å²) in [7, 11) is 1.44. The van der Waals surface area contributed by atoms with Gasteiger partial charge in [0.05, 0.1) is 43.0 Å². The van der Waals surface area contributed by atoms with Gasteiger partial charge in [0.1, 0.15) is 5.76 Å². The van der Waals surface area contributed by atoms with Crippen LogP contribution in [0.15, 0.2) is 41.0 Å². The van der Waals surface area contributed by atoms with Crippen molar-refractivity contribution in [2.75, 3.05) is 26.7 Å². The maximum atomic E-state index is 12.1. The number of nitrogens with one attached hydrogen (secondary N) is 3. The number of nitrogens with zero attached hydrogens (tertiary/aromatic N) is 1. The van der Waals surface area contributed by atoms with Crippen LogP contribution in [0.25, 0.3) is 0 Å². The third-order valence-corrected chi connectivity index (χ3v) is 4.42. The van der Waals surface area contributed by atoms with E-state index < -0.39 is 17.7 Å². The van der Waals surface area contributed by atoms with Gasteiger partial charge in [0.25, 0.3) is 5.91 Å². The van der Waals surface area contributed by atoms with E-state index in [0.717, 1.165) is 0 Å². The highest BCUT2D eigenvalue weighted by molar-refractivity contribution is 6.36. The summed E-state index contributed by atoms with van der Waals surface area (Å²) in [5.41, 5.74) is 0.172. The number of hydrogen-bond donors (Lipinski definition) is 3. The predicted molar refractivity (Wildman–Crippen MR) is 110 cm³/mol. The van der Waals surface area contributed by atoms with Gasteiger partial charge in [-0.05, 0) is 30.3 Å². The number of halogens is 2. The number of furan rings is 1. The fraction of sp³-hybridized carbons (Fsp3) is 0.263. The molecule has 0 saturated heterocycles. The number of benzene rings is 1. The first kappa shape index (κ1) is 23.2. The smallest absolute Gasteiger partial charge is 0.253 e. The average Bonchev–Trinajstić information content (AvgIpc) is 3.22. The van der Waals surface area contributed by atoms with E-state index in [1.54, 1.807) is 12.1 Å². The van der Waals surface area contributed by atoms with E-state index in [1.165, 1.54) is 36.4 Å². The zero-order chi connectivity index (χ0) is 22.1. The van der Waals surface area contributed by atoms with Crippen molar-refractivity contribution in [3.63, 3.8) is 0 Å². The molecule has 30 heavy (non-hydrogen) atoms. The minimum absolute atomic E-state index is 0.155. The lowest BCUT2D eigenvalue weighted by molar-refractivity contribution is -0.135. The monoisotopic (exact) mass is 454 g/mol. The summed E-state index contributed by atoms with van der Waals surface area (Å²) in [6.45, 7) is -0.639. The van der Waals surface area contributed by atoms with Crippen molar-refractivity contribution < 1.29 is 23.6 Å². The summed E-state index contributed by atoms with van der Waals surface area (Å²) in [6, 6.07) is 7.77. The molecule has 0 aliphatic heterocycles. The summed E-state index contributed by atoms with van der Waals surface area (Å²) < 4.78 is 5.10. The first-order valence-electron chi connectivity index (χ1n) is 8.79. The minimum Gasteiger partial charge on any atom is -0.467 e. The Morgan fingerprint density at radius 1 is 1.00 bits per heavy atom. The highest BCUT2D eigenvalue weighted by Crippen LogP contribution is 2.20. The van der Waals surface area contributed by atoms with Crippen LogP contribution in [-0.4, -0.2) is 55.2 Å². The van der Waals surface area contributed by atoms with E-state index in [9.17, 15) is 19.2 Å². The highest BCUT2D eigenvalue weighted by atomic mass is 35.5. The number of carbonyl (C=O) groups is 4. The Hall–Kier alpha value is -3.04. The second-order valence-electron chi connectivity index (χ2n) is 6.19. The molecule has 0 unspecified atom stereocenters. The number of hydrogen-bond acceptors (Lipinski definition) is 5. The minimum atomic E-state index is -0.572. The molecular formula is C19H20Cl2N4O5. The van der Waals surface area contributed by atoms with Crippen LogP contribution in [0.1, 0.15) is 16.1 Å². The SMILES string of the molecule is CN(CC(=O)NCc1ccco1)C(=O)CNC(=O)CNC(=O)c1ccc(Cl)cc1Cl. The Labute approximate surface area is 182 Å². The molecule has 160 valence electrons. The normalized spacial score (nSPS) is 10.2. The standard InChI is InChI=1S/C19H20Cl2N4O5/c1-25(11-17(27)22-8-13-3-2-6-30-13)18(28)10-23-16(26)9-24-19(29)14-5-4-12(20)7-15(14)21/h2-7H,8-11H2,1H3,(H,22,27)(H,23,26)(H,24,29). The lowest BCUT2D eigenvalue weighted by Crippen LogP contribution is -2.45. The first-order chi connectivity index (χ1) is 14.3. The van der Waals surface area contributed by atoms with Crippen LogP contribution in [0.3, 0.4) is 0 Å². The van der Waals surface area contributed by atoms with E-state index >= 15 is 0 Å². The van der Waals surface area contributed by atoms with Crippen LogP contribution in [0.2, 0.25) is 10.0 Å². The molecule has 3 N–H and O–H groups in total. The average molecular weight is 455 g/mol. The van der Waals surface area contributed by atoms with Crippen molar-refractivity contribution >= 4 is 46.8 Å². The molecule has 11 heteroatoms. The predicted octanol–water partition coefficient (Wildman–Crippen LogP) is 1.21. The van der Waals surface area contributed by atoms with Crippen LogP contribution in [0, 0.1) is 0 Å². The molecule has 1 aromatic carbocycles. The van der Waals surface area contributed by atoms with Gasteiger partial charge in [-0.15, -0.1) is 0 Å².